The van der Waals surface area contributed by atoms with Crippen LogP contribution in [-0.4, -0.2) is 29.8 Å². The molecule has 0 aliphatic heterocycles. The summed E-state index contributed by atoms with van der Waals surface area (Å²) in [5, 5.41) is 5.35. The summed E-state index contributed by atoms with van der Waals surface area (Å²) in [6.45, 7) is 1.85. The zero-order valence-corrected chi connectivity index (χ0v) is 11.5. The van der Waals surface area contributed by atoms with E-state index in [2.05, 4.69) is 15.1 Å². The third-order valence-electron chi connectivity index (χ3n) is 2.39. The number of nitrogens with zero attached hydrogens (tertiary/aromatic N) is 3. The van der Waals surface area contributed by atoms with Crippen LogP contribution >= 0.6 is 11.3 Å². The molecule has 0 saturated carbocycles. The molecule has 2 heterocycles. The summed E-state index contributed by atoms with van der Waals surface area (Å²) in [6, 6.07) is 0. The molecule has 2 aromatic rings. The van der Waals surface area contributed by atoms with Crippen LogP contribution in [-0.2, 0) is 16.4 Å². The first-order chi connectivity index (χ1) is 8.41. The minimum atomic E-state index is -3.25. The molecule has 9 heteroatoms. The second-order valence-electron chi connectivity index (χ2n) is 3.76. The molecule has 0 aromatic carbocycles. The molecule has 0 amide bonds. The van der Waals surface area contributed by atoms with Crippen LogP contribution in [0.25, 0.3) is 11.6 Å². The number of nitrogens with two attached hydrogens (primary N) is 1. The van der Waals surface area contributed by atoms with Crippen molar-refractivity contribution in [3.8, 4) is 11.6 Å². The standard InChI is InChI=1S/C9H12N4O3S2/c1-5(18(2,14)15)8-12-9(16-13-8)6-4-17-7(3-10)11-6/h4-5H,3,10H2,1-2H3. The van der Waals surface area contributed by atoms with Gasteiger partial charge in [-0.1, -0.05) is 5.16 Å². The van der Waals surface area contributed by atoms with E-state index in [1.165, 1.54) is 18.3 Å². The van der Waals surface area contributed by atoms with Gasteiger partial charge in [0.2, 0.25) is 0 Å². The summed E-state index contributed by atoms with van der Waals surface area (Å²) in [7, 11) is -3.25. The van der Waals surface area contributed by atoms with Crippen LogP contribution in [0.1, 0.15) is 23.0 Å². The average molecular weight is 288 g/mol. The van der Waals surface area contributed by atoms with E-state index in [4.69, 9.17) is 10.3 Å². The molecule has 2 rings (SSSR count). The van der Waals surface area contributed by atoms with Gasteiger partial charge in [0, 0.05) is 18.2 Å². The van der Waals surface area contributed by atoms with E-state index in [-0.39, 0.29) is 11.7 Å². The SMILES string of the molecule is CC(c1noc(-c2csc(CN)n2)n1)S(C)(=O)=O. The highest BCUT2D eigenvalue weighted by molar-refractivity contribution is 7.90. The largest absolute Gasteiger partial charge is 0.332 e. The normalized spacial score (nSPS) is 13.7. The number of rotatable bonds is 4. The molecule has 7 nitrogen and oxygen atoms in total. The maximum Gasteiger partial charge on any atom is 0.277 e. The number of thiazole rings is 1. The van der Waals surface area contributed by atoms with Crippen molar-refractivity contribution in [3.05, 3.63) is 16.2 Å². The monoisotopic (exact) mass is 288 g/mol. The van der Waals surface area contributed by atoms with E-state index < -0.39 is 15.1 Å². The molecule has 0 bridgehead atoms. The van der Waals surface area contributed by atoms with Gasteiger partial charge >= 0.3 is 0 Å². The fourth-order valence-electron chi connectivity index (χ4n) is 1.20. The van der Waals surface area contributed by atoms with E-state index in [1.807, 2.05) is 0 Å². The Morgan fingerprint density at radius 2 is 2.22 bits per heavy atom. The van der Waals surface area contributed by atoms with Gasteiger partial charge in [-0.2, -0.15) is 4.98 Å². The van der Waals surface area contributed by atoms with Gasteiger partial charge in [0.15, 0.2) is 15.7 Å². The first kappa shape index (κ1) is 13.1. The Morgan fingerprint density at radius 3 is 2.78 bits per heavy atom. The topological polar surface area (TPSA) is 112 Å². The van der Waals surface area contributed by atoms with Crippen molar-refractivity contribution in [2.24, 2.45) is 5.73 Å². The predicted molar refractivity (Wildman–Crippen MR) is 66.6 cm³/mol. The molecule has 0 radical (unpaired) electrons. The average Bonchev–Trinajstić information content (AvgIpc) is 2.95. The predicted octanol–water partition coefficient (Wildman–Crippen LogP) is 0.757. The minimum absolute atomic E-state index is 0.134. The van der Waals surface area contributed by atoms with Gasteiger partial charge < -0.3 is 10.3 Å². The lowest BCUT2D eigenvalue weighted by molar-refractivity contribution is 0.420. The molecule has 98 valence electrons. The summed E-state index contributed by atoms with van der Waals surface area (Å²) < 4.78 is 27.8. The molecule has 0 aliphatic rings. The van der Waals surface area contributed by atoms with E-state index >= 15 is 0 Å². The molecule has 18 heavy (non-hydrogen) atoms. The van der Waals surface area contributed by atoms with E-state index in [9.17, 15) is 8.42 Å². The maximum absolute atomic E-state index is 11.4. The van der Waals surface area contributed by atoms with Crippen LogP contribution in [0.15, 0.2) is 9.90 Å². The molecule has 0 aliphatic carbocycles. The van der Waals surface area contributed by atoms with Gasteiger partial charge in [-0.15, -0.1) is 11.3 Å². The van der Waals surface area contributed by atoms with E-state index in [0.717, 1.165) is 11.3 Å². The van der Waals surface area contributed by atoms with Gasteiger partial charge in [0.1, 0.15) is 16.0 Å². The van der Waals surface area contributed by atoms with Crippen molar-refractivity contribution in [1.29, 1.82) is 0 Å². The highest BCUT2D eigenvalue weighted by atomic mass is 32.2. The fourth-order valence-corrected chi connectivity index (χ4v) is 2.33. The van der Waals surface area contributed by atoms with Crippen molar-refractivity contribution >= 4 is 21.2 Å². The Bertz CT molecular complexity index is 646. The molecule has 0 spiro atoms. The summed E-state index contributed by atoms with van der Waals surface area (Å²) in [6.07, 6.45) is 1.13. The van der Waals surface area contributed by atoms with Crippen LogP contribution in [0.5, 0.6) is 0 Å². The molecule has 0 fully saturated rings. The number of hydrogen-bond acceptors (Lipinski definition) is 8. The fraction of sp³-hybridized carbons (Fsp3) is 0.444. The first-order valence-electron chi connectivity index (χ1n) is 5.09. The van der Waals surface area contributed by atoms with Crippen LogP contribution < -0.4 is 5.73 Å². The lowest BCUT2D eigenvalue weighted by atomic mass is 10.4. The Labute approximate surface area is 108 Å². The number of aromatic nitrogens is 3. The van der Waals surface area contributed by atoms with Gasteiger partial charge in [-0.25, -0.2) is 13.4 Å². The number of hydrogen-bond donors (Lipinski definition) is 1. The van der Waals surface area contributed by atoms with Gasteiger partial charge in [-0.05, 0) is 6.92 Å². The van der Waals surface area contributed by atoms with Gasteiger partial charge in [0.05, 0.1) is 0 Å². The van der Waals surface area contributed by atoms with Crippen LogP contribution in [0, 0.1) is 0 Å². The lowest BCUT2D eigenvalue weighted by Crippen LogP contribution is -2.09. The molecular weight excluding hydrogens is 276 g/mol. The quantitative estimate of drug-likeness (QED) is 0.883. The summed E-state index contributed by atoms with van der Waals surface area (Å²) in [4.78, 5) is 8.22. The van der Waals surface area contributed by atoms with Gasteiger partial charge in [-0.3, -0.25) is 0 Å². The Balaban J connectivity index is 2.31. The molecule has 0 saturated heterocycles. The molecule has 2 N–H and O–H groups in total. The van der Waals surface area contributed by atoms with Crippen LogP contribution in [0.2, 0.25) is 0 Å². The van der Waals surface area contributed by atoms with Crippen molar-refractivity contribution in [1.82, 2.24) is 15.1 Å². The second kappa shape index (κ2) is 4.75. The van der Waals surface area contributed by atoms with Crippen molar-refractivity contribution < 1.29 is 12.9 Å². The van der Waals surface area contributed by atoms with Gasteiger partial charge in [0.25, 0.3) is 5.89 Å². The Hall–Kier alpha value is -1.32. The maximum atomic E-state index is 11.4. The van der Waals surface area contributed by atoms with Crippen molar-refractivity contribution in [3.63, 3.8) is 0 Å². The highest BCUT2D eigenvalue weighted by Crippen LogP contribution is 2.23. The summed E-state index contributed by atoms with van der Waals surface area (Å²) in [5.41, 5.74) is 5.97. The molecular formula is C9H12N4O3S2. The second-order valence-corrected chi connectivity index (χ2v) is 7.07. The highest BCUT2D eigenvalue weighted by Gasteiger charge is 2.24. The summed E-state index contributed by atoms with van der Waals surface area (Å²) in [5.74, 6) is 0.339. The molecule has 1 unspecified atom stereocenters. The zero-order chi connectivity index (χ0) is 13.3. The van der Waals surface area contributed by atoms with Crippen LogP contribution in [0.3, 0.4) is 0 Å². The lowest BCUT2D eigenvalue weighted by Gasteiger charge is -2.01. The zero-order valence-electron chi connectivity index (χ0n) is 9.82. The third kappa shape index (κ3) is 2.57. The molecule has 2 aromatic heterocycles. The van der Waals surface area contributed by atoms with E-state index in [0.29, 0.717) is 12.2 Å². The third-order valence-corrected chi connectivity index (χ3v) is 4.76. The molecule has 1 atom stereocenters. The Kier molecular flexibility index (Phi) is 3.46. The number of sulfone groups is 1. The minimum Gasteiger partial charge on any atom is -0.332 e. The van der Waals surface area contributed by atoms with Crippen LogP contribution in [0.4, 0.5) is 0 Å². The van der Waals surface area contributed by atoms with Crippen molar-refractivity contribution in [2.45, 2.75) is 18.7 Å². The van der Waals surface area contributed by atoms with Crippen molar-refractivity contribution in [2.75, 3.05) is 6.26 Å². The van der Waals surface area contributed by atoms with E-state index in [1.54, 1.807) is 5.38 Å². The Morgan fingerprint density at radius 1 is 1.50 bits per heavy atom. The first-order valence-corrected chi connectivity index (χ1v) is 7.92. The summed E-state index contributed by atoms with van der Waals surface area (Å²) >= 11 is 1.39. The smallest absolute Gasteiger partial charge is 0.277 e.